The first kappa shape index (κ1) is 16.4. The molecule has 7 heteroatoms. The van der Waals surface area contributed by atoms with Crippen LogP contribution in [0.5, 0.6) is 0 Å². The van der Waals surface area contributed by atoms with Crippen molar-refractivity contribution in [3.05, 3.63) is 29.8 Å². The van der Waals surface area contributed by atoms with E-state index in [1.165, 1.54) is 12.1 Å². The highest BCUT2D eigenvalue weighted by Gasteiger charge is 2.29. The smallest absolute Gasteiger partial charge is 0.253 e. The summed E-state index contributed by atoms with van der Waals surface area (Å²) in [5, 5.41) is 3.20. The average Bonchev–Trinajstić information content (AvgIpc) is 3.37. The van der Waals surface area contributed by atoms with Crippen molar-refractivity contribution in [3.8, 4) is 0 Å². The molecule has 23 heavy (non-hydrogen) atoms. The summed E-state index contributed by atoms with van der Waals surface area (Å²) >= 11 is 0. The largest absolute Gasteiger partial charge is 0.337 e. The third-order valence-corrected chi connectivity index (χ3v) is 5.93. The van der Waals surface area contributed by atoms with Gasteiger partial charge in [-0.2, -0.15) is 0 Å². The molecule has 1 amide bonds. The van der Waals surface area contributed by atoms with E-state index in [0.29, 0.717) is 24.7 Å². The lowest BCUT2D eigenvalue weighted by Crippen LogP contribution is -2.47. The van der Waals surface area contributed by atoms with Crippen molar-refractivity contribution in [2.75, 3.05) is 20.1 Å². The molecule has 0 bridgehead atoms. The number of sulfonamides is 1. The number of likely N-dealkylation sites (tertiary alicyclic amines) is 1. The van der Waals surface area contributed by atoms with Gasteiger partial charge < -0.3 is 10.2 Å². The molecule has 1 atom stereocenters. The molecule has 3 rings (SSSR count). The number of carbonyl (C=O) groups is 1. The number of hydrogen-bond donors (Lipinski definition) is 2. The van der Waals surface area contributed by atoms with Crippen LogP contribution in [-0.2, 0) is 10.0 Å². The lowest BCUT2D eigenvalue weighted by molar-refractivity contribution is 0.0698. The van der Waals surface area contributed by atoms with E-state index in [0.717, 1.165) is 25.7 Å². The van der Waals surface area contributed by atoms with E-state index < -0.39 is 10.0 Å². The fourth-order valence-electron chi connectivity index (χ4n) is 2.86. The second-order valence-corrected chi connectivity index (χ2v) is 8.02. The summed E-state index contributed by atoms with van der Waals surface area (Å²) in [6.45, 7) is 1.38. The van der Waals surface area contributed by atoms with Crippen LogP contribution in [0.4, 0.5) is 0 Å². The zero-order chi connectivity index (χ0) is 16.4. The Bertz CT molecular complexity index is 686. The maximum Gasteiger partial charge on any atom is 0.253 e. The average molecular weight is 337 g/mol. The highest BCUT2D eigenvalue weighted by atomic mass is 32.2. The highest BCUT2D eigenvalue weighted by Crippen LogP contribution is 2.23. The minimum atomic E-state index is -3.53. The lowest BCUT2D eigenvalue weighted by Gasteiger charge is -2.32. The van der Waals surface area contributed by atoms with Crippen LogP contribution in [0.25, 0.3) is 0 Å². The van der Waals surface area contributed by atoms with Crippen LogP contribution in [0.3, 0.4) is 0 Å². The Labute approximate surface area is 137 Å². The summed E-state index contributed by atoms with van der Waals surface area (Å²) in [7, 11) is -1.63. The van der Waals surface area contributed by atoms with Crippen LogP contribution in [0.1, 0.15) is 36.0 Å². The van der Waals surface area contributed by atoms with Crippen LogP contribution >= 0.6 is 0 Å². The van der Waals surface area contributed by atoms with Crippen LogP contribution in [0.15, 0.2) is 29.2 Å². The number of nitrogens with one attached hydrogen (secondary N) is 2. The predicted molar refractivity (Wildman–Crippen MR) is 87.8 cm³/mol. The third kappa shape index (κ3) is 3.91. The number of nitrogens with zero attached hydrogens (tertiary/aromatic N) is 1. The van der Waals surface area contributed by atoms with Gasteiger partial charge in [0.05, 0.1) is 4.90 Å². The van der Waals surface area contributed by atoms with E-state index in [1.54, 1.807) is 17.0 Å². The third-order valence-electron chi connectivity index (χ3n) is 4.41. The monoisotopic (exact) mass is 337 g/mol. The molecule has 1 aromatic rings. The molecule has 0 radical (unpaired) electrons. The van der Waals surface area contributed by atoms with Gasteiger partial charge in [-0.3, -0.25) is 4.79 Å². The second-order valence-electron chi connectivity index (χ2n) is 6.30. The van der Waals surface area contributed by atoms with Gasteiger partial charge in [0.2, 0.25) is 10.0 Å². The maximum absolute atomic E-state index is 12.7. The summed E-state index contributed by atoms with van der Waals surface area (Å²) in [5.74, 6) is -0.103. The van der Waals surface area contributed by atoms with Crippen molar-refractivity contribution < 1.29 is 13.2 Å². The van der Waals surface area contributed by atoms with Crippen LogP contribution in [0, 0.1) is 0 Å². The first-order valence-electron chi connectivity index (χ1n) is 8.08. The summed E-state index contributed by atoms with van der Waals surface area (Å²) in [5.41, 5.74) is 0.431. The molecule has 1 aliphatic heterocycles. The molecule has 1 aromatic carbocycles. The van der Waals surface area contributed by atoms with E-state index in [1.807, 2.05) is 7.05 Å². The Morgan fingerprint density at radius 2 is 2.00 bits per heavy atom. The van der Waals surface area contributed by atoms with Gasteiger partial charge in [0, 0.05) is 30.7 Å². The molecule has 1 unspecified atom stereocenters. The zero-order valence-corrected chi connectivity index (χ0v) is 14.1. The quantitative estimate of drug-likeness (QED) is 0.839. The Morgan fingerprint density at radius 3 is 2.70 bits per heavy atom. The van der Waals surface area contributed by atoms with Crippen molar-refractivity contribution in [1.82, 2.24) is 14.9 Å². The highest BCUT2D eigenvalue weighted by molar-refractivity contribution is 7.89. The maximum atomic E-state index is 12.7. The molecule has 6 nitrogen and oxygen atoms in total. The predicted octanol–water partition coefficient (Wildman–Crippen LogP) is 0.951. The molecule has 1 saturated heterocycles. The van der Waals surface area contributed by atoms with Crippen LogP contribution < -0.4 is 10.0 Å². The Balaban J connectivity index is 1.77. The molecule has 2 aliphatic rings. The van der Waals surface area contributed by atoms with Crippen molar-refractivity contribution in [2.45, 2.75) is 42.7 Å². The van der Waals surface area contributed by atoms with Crippen molar-refractivity contribution >= 4 is 15.9 Å². The van der Waals surface area contributed by atoms with E-state index >= 15 is 0 Å². The summed E-state index contributed by atoms with van der Waals surface area (Å²) in [4.78, 5) is 14.6. The van der Waals surface area contributed by atoms with Crippen molar-refractivity contribution in [2.24, 2.45) is 0 Å². The normalized spacial score (nSPS) is 22.1. The standard InChI is InChI=1S/C16H23N3O3S/c1-17-14-5-3-9-19(11-14)16(20)12-4-2-6-15(10-12)23(21,22)18-13-7-8-13/h2,4,6,10,13-14,17-18H,3,5,7-9,11H2,1H3. The zero-order valence-electron chi connectivity index (χ0n) is 13.3. The molecule has 126 valence electrons. The number of piperidine rings is 1. The fraction of sp³-hybridized carbons (Fsp3) is 0.562. The van der Waals surface area contributed by atoms with Crippen LogP contribution in [0.2, 0.25) is 0 Å². The van der Waals surface area contributed by atoms with Gasteiger partial charge in [-0.05, 0) is 50.9 Å². The fourth-order valence-corrected chi connectivity index (χ4v) is 4.22. The minimum absolute atomic E-state index is 0.0536. The van der Waals surface area contributed by atoms with Gasteiger partial charge in [0.25, 0.3) is 5.91 Å². The summed E-state index contributed by atoms with van der Waals surface area (Å²) < 4.78 is 27.2. The van der Waals surface area contributed by atoms with Crippen LogP contribution in [-0.4, -0.2) is 51.4 Å². The van der Waals surface area contributed by atoms with Gasteiger partial charge in [0.15, 0.2) is 0 Å². The Hall–Kier alpha value is -1.44. The molecule has 1 heterocycles. The molecule has 1 aliphatic carbocycles. The lowest BCUT2D eigenvalue weighted by atomic mass is 10.0. The van der Waals surface area contributed by atoms with Gasteiger partial charge in [0.1, 0.15) is 0 Å². The van der Waals surface area contributed by atoms with E-state index in [2.05, 4.69) is 10.0 Å². The van der Waals surface area contributed by atoms with E-state index in [-0.39, 0.29) is 16.8 Å². The summed E-state index contributed by atoms with van der Waals surface area (Å²) in [6.07, 6.45) is 3.78. The molecule has 1 saturated carbocycles. The number of rotatable bonds is 5. The molecule has 0 spiro atoms. The van der Waals surface area contributed by atoms with Gasteiger partial charge in [-0.25, -0.2) is 13.1 Å². The number of likely N-dealkylation sites (N-methyl/N-ethyl adjacent to an activating group) is 1. The van der Waals surface area contributed by atoms with Crippen molar-refractivity contribution in [1.29, 1.82) is 0 Å². The van der Waals surface area contributed by atoms with Gasteiger partial charge in [-0.1, -0.05) is 6.07 Å². The van der Waals surface area contributed by atoms with Gasteiger partial charge >= 0.3 is 0 Å². The second kappa shape index (κ2) is 6.59. The number of amides is 1. The topological polar surface area (TPSA) is 78.5 Å². The minimum Gasteiger partial charge on any atom is -0.337 e. The number of hydrogen-bond acceptors (Lipinski definition) is 4. The van der Waals surface area contributed by atoms with E-state index in [9.17, 15) is 13.2 Å². The molecular formula is C16H23N3O3S. The SMILES string of the molecule is CNC1CCCN(C(=O)c2cccc(S(=O)(=O)NC3CC3)c2)C1. The Kier molecular flexibility index (Phi) is 4.70. The molecule has 2 N–H and O–H groups in total. The van der Waals surface area contributed by atoms with Gasteiger partial charge in [-0.15, -0.1) is 0 Å². The number of benzene rings is 1. The first-order valence-corrected chi connectivity index (χ1v) is 9.57. The molecule has 0 aromatic heterocycles. The molecule has 2 fully saturated rings. The number of carbonyl (C=O) groups excluding carboxylic acids is 1. The van der Waals surface area contributed by atoms with Crippen molar-refractivity contribution in [3.63, 3.8) is 0 Å². The Morgan fingerprint density at radius 1 is 1.22 bits per heavy atom. The first-order chi connectivity index (χ1) is 11.0. The molecular weight excluding hydrogens is 314 g/mol. The van der Waals surface area contributed by atoms with E-state index in [4.69, 9.17) is 0 Å². The summed E-state index contributed by atoms with van der Waals surface area (Å²) in [6, 6.07) is 6.69.